The zero-order valence-electron chi connectivity index (χ0n) is 8.33. The van der Waals surface area contributed by atoms with Crippen molar-refractivity contribution in [2.45, 2.75) is 37.9 Å². The first-order chi connectivity index (χ1) is 6.34. The number of rotatable bonds is 5. The van der Waals surface area contributed by atoms with Gasteiger partial charge in [-0.1, -0.05) is 50.1 Å². The molecule has 0 N–H and O–H groups in total. The summed E-state index contributed by atoms with van der Waals surface area (Å²) >= 11 is 1.86. The van der Waals surface area contributed by atoms with Crippen molar-refractivity contribution in [3.8, 4) is 0 Å². The van der Waals surface area contributed by atoms with E-state index in [9.17, 15) is 0 Å². The highest BCUT2D eigenvalue weighted by Crippen LogP contribution is 2.26. The highest BCUT2D eigenvalue weighted by atomic mass is 32.2. The molecule has 0 aromatic heterocycles. The Morgan fingerprint density at radius 1 is 1.38 bits per heavy atom. The molecule has 0 aromatic rings. The van der Waals surface area contributed by atoms with Crippen LogP contribution in [0.2, 0.25) is 0 Å². The molecular weight excluding hydrogens is 176 g/mol. The minimum atomic E-state index is 0.529. The van der Waals surface area contributed by atoms with Crippen LogP contribution >= 0.6 is 11.8 Å². The normalized spacial score (nSPS) is 20.5. The van der Waals surface area contributed by atoms with Crippen molar-refractivity contribution in [2.24, 2.45) is 0 Å². The maximum absolute atomic E-state index is 4.14. The summed E-state index contributed by atoms with van der Waals surface area (Å²) in [6.45, 7) is 6.38. The molecule has 13 heavy (non-hydrogen) atoms. The van der Waals surface area contributed by atoms with Crippen molar-refractivity contribution >= 4 is 11.8 Å². The van der Waals surface area contributed by atoms with Crippen LogP contribution in [0, 0.1) is 0 Å². The van der Waals surface area contributed by atoms with Crippen molar-refractivity contribution in [3.63, 3.8) is 0 Å². The van der Waals surface area contributed by atoms with E-state index in [1.807, 2.05) is 11.8 Å². The van der Waals surface area contributed by atoms with E-state index in [1.165, 1.54) is 31.3 Å². The smallest absolute Gasteiger partial charge is 0.0478 e. The highest BCUT2D eigenvalue weighted by Gasteiger charge is 2.09. The zero-order chi connectivity index (χ0) is 9.52. The van der Waals surface area contributed by atoms with E-state index < -0.39 is 0 Å². The zero-order valence-corrected chi connectivity index (χ0v) is 9.15. The first kappa shape index (κ1) is 10.6. The molecule has 0 aromatic carbocycles. The Hall–Kier alpha value is -0.430. The van der Waals surface area contributed by atoms with Gasteiger partial charge in [-0.15, -0.1) is 11.8 Å². The molecule has 1 aliphatic rings. The Balaban J connectivity index is 2.23. The van der Waals surface area contributed by atoms with E-state index in [-0.39, 0.29) is 0 Å². The van der Waals surface area contributed by atoms with Crippen LogP contribution < -0.4 is 0 Å². The van der Waals surface area contributed by atoms with Gasteiger partial charge in [0.05, 0.1) is 0 Å². The van der Waals surface area contributed by atoms with Gasteiger partial charge in [-0.2, -0.15) is 0 Å². The fourth-order valence-corrected chi connectivity index (χ4v) is 2.20. The molecule has 1 heteroatoms. The van der Waals surface area contributed by atoms with E-state index in [0.717, 1.165) is 0 Å². The number of unbranched alkanes of at least 4 members (excludes halogenated alkanes) is 2. The van der Waals surface area contributed by atoms with Crippen LogP contribution in [0.15, 0.2) is 35.8 Å². The molecule has 0 aliphatic carbocycles. The lowest BCUT2D eigenvalue weighted by Gasteiger charge is -2.15. The SMILES string of the molecule is C=C(CCCCC)C1C=CC=CS1. The lowest BCUT2D eigenvalue weighted by atomic mass is 10.1. The third kappa shape index (κ3) is 3.86. The van der Waals surface area contributed by atoms with Crippen LogP contribution in [0.3, 0.4) is 0 Å². The summed E-state index contributed by atoms with van der Waals surface area (Å²) in [7, 11) is 0. The molecule has 0 amide bonds. The average molecular weight is 194 g/mol. The quantitative estimate of drug-likeness (QED) is 0.464. The van der Waals surface area contributed by atoms with Gasteiger partial charge in [-0.25, -0.2) is 0 Å². The molecule has 0 nitrogen and oxygen atoms in total. The Bertz CT molecular complexity index is 213. The second-order valence-electron chi connectivity index (χ2n) is 3.39. The van der Waals surface area contributed by atoms with Gasteiger partial charge < -0.3 is 0 Å². The fourth-order valence-electron chi connectivity index (χ4n) is 1.36. The fraction of sp³-hybridized carbons (Fsp3) is 0.500. The second-order valence-corrected chi connectivity index (χ2v) is 4.44. The second kappa shape index (κ2) is 6.09. The summed E-state index contributed by atoms with van der Waals surface area (Å²) in [5.74, 6) is 0. The van der Waals surface area contributed by atoms with Gasteiger partial charge in [0.1, 0.15) is 0 Å². The Kier molecular flexibility index (Phi) is 4.99. The van der Waals surface area contributed by atoms with Crippen LogP contribution in [0.1, 0.15) is 32.6 Å². The van der Waals surface area contributed by atoms with Crippen LogP contribution in [0.5, 0.6) is 0 Å². The molecule has 1 aliphatic heterocycles. The van der Waals surface area contributed by atoms with Gasteiger partial charge in [-0.3, -0.25) is 0 Å². The molecule has 0 radical (unpaired) electrons. The van der Waals surface area contributed by atoms with Crippen LogP contribution in [-0.4, -0.2) is 5.25 Å². The summed E-state index contributed by atoms with van der Waals surface area (Å²) in [5, 5.41) is 2.68. The minimum absolute atomic E-state index is 0.529. The molecule has 1 atom stereocenters. The molecule has 0 fully saturated rings. The first-order valence-electron chi connectivity index (χ1n) is 5.01. The summed E-state index contributed by atoms with van der Waals surface area (Å²) in [4.78, 5) is 0. The largest absolute Gasteiger partial charge is 0.122 e. The van der Waals surface area contributed by atoms with Crippen molar-refractivity contribution in [1.82, 2.24) is 0 Å². The van der Waals surface area contributed by atoms with Crippen molar-refractivity contribution in [2.75, 3.05) is 0 Å². The van der Waals surface area contributed by atoms with Gasteiger partial charge >= 0.3 is 0 Å². The van der Waals surface area contributed by atoms with E-state index in [4.69, 9.17) is 0 Å². The third-order valence-corrected chi connectivity index (χ3v) is 3.30. The summed E-state index contributed by atoms with van der Waals surface area (Å²) < 4.78 is 0. The van der Waals surface area contributed by atoms with Gasteiger partial charge in [0, 0.05) is 5.25 Å². The van der Waals surface area contributed by atoms with E-state index in [0.29, 0.717) is 5.25 Å². The van der Waals surface area contributed by atoms with Gasteiger partial charge in [-0.05, 0) is 18.2 Å². The van der Waals surface area contributed by atoms with E-state index >= 15 is 0 Å². The van der Waals surface area contributed by atoms with Gasteiger partial charge in [0.25, 0.3) is 0 Å². The average Bonchev–Trinajstić information content (AvgIpc) is 2.19. The van der Waals surface area contributed by atoms with Gasteiger partial charge in [0.15, 0.2) is 0 Å². The first-order valence-corrected chi connectivity index (χ1v) is 5.95. The lowest BCUT2D eigenvalue weighted by molar-refractivity contribution is 0.709. The summed E-state index contributed by atoms with van der Waals surface area (Å²) in [6.07, 6.45) is 11.5. The summed E-state index contributed by atoms with van der Waals surface area (Å²) in [6, 6.07) is 0. The predicted octanol–water partition coefficient (Wildman–Crippen LogP) is 4.31. The van der Waals surface area contributed by atoms with E-state index in [1.54, 1.807) is 0 Å². The monoisotopic (exact) mass is 194 g/mol. The molecule has 1 rings (SSSR count). The topological polar surface area (TPSA) is 0 Å². The van der Waals surface area contributed by atoms with Crippen molar-refractivity contribution in [3.05, 3.63) is 35.8 Å². The molecule has 0 saturated carbocycles. The van der Waals surface area contributed by atoms with E-state index in [2.05, 4.69) is 37.1 Å². The molecule has 0 bridgehead atoms. The lowest BCUT2D eigenvalue weighted by Crippen LogP contribution is -2.02. The molecule has 72 valence electrons. The summed E-state index contributed by atoms with van der Waals surface area (Å²) in [5.41, 5.74) is 1.37. The Labute approximate surface area is 85.8 Å². The maximum Gasteiger partial charge on any atom is 0.0478 e. The Morgan fingerprint density at radius 2 is 2.23 bits per heavy atom. The number of thioether (sulfide) groups is 1. The van der Waals surface area contributed by atoms with Crippen LogP contribution in [0.25, 0.3) is 0 Å². The van der Waals surface area contributed by atoms with Crippen LogP contribution in [-0.2, 0) is 0 Å². The maximum atomic E-state index is 4.14. The molecule has 1 heterocycles. The predicted molar refractivity (Wildman–Crippen MR) is 62.9 cm³/mol. The Morgan fingerprint density at radius 3 is 2.85 bits per heavy atom. The van der Waals surface area contributed by atoms with Gasteiger partial charge in [0.2, 0.25) is 0 Å². The molecule has 0 saturated heterocycles. The number of hydrogen-bond donors (Lipinski definition) is 0. The standard InChI is InChI=1S/C12H18S/c1-3-4-5-8-11(2)12-9-6-7-10-13-12/h6-7,9-10,12H,2-5,8H2,1H3. The minimum Gasteiger partial charge on any atom is -0.122 e. The third-order valence-electron chi connectivity index (χ3n) is 2.20. The molecule has 0 spiro atoms. The van der Waals surface area contributed by atoms with Crippen molar-refractivity contribution in [1.29, 1.82) is 0 Å². The number of allylic oxidation sites excluding steroid dienone is 2. The highest BCUT2D eigenvalue weighted by molar-refractivity contribution is 8.03. The molecule has 1 unspecified atom stereocenters. The van der Waals surface area contributed by atoms with Crippen LogP contribution in [0.4, 0.5) is 0 Å². The number of hydrogen-bond acceptors (Lipinski definition) is 1. The van der Waals surface area contributed by atoms with Crippen molar-refractivity contribution < 1.29 is 0 Å². The molecular formula is C12H18S.